The molecule has 0 saturated carbocycles. The predicted molar refractivity (Wildman–Crippen MR) is 132 cm³/mol. The van der Waals surface area contributed by atoms with Gasteiger partial charge >= 0.3 is 0 Å². The molecule has 1 unspecified atom stereocenters. The van der Waals surface area contributed by atoms with E-state index in [2.05, 4.69) is 0 Å². The number of fused-ring (bicyclic) bond motifs is 1. The number of nitrogens with zero attached hydrogens (tertiary/aromatic N) is 1. The van der Waals surface area contributed by atoms with Crippen LogP contribution in [-0.4, -0.2) is 23.8 Å². The van der Waals surface area contributed by atoms with Gasteiger partial charge < -0.3 is 9.47 Å². The third-order valence-electron chi connectivity index (χ3n) is 4.95. The molecule has 4 rings (SSSR count). The highest BCUT2D eigenvalue weighted by molar-refractivity contribution is 7.80. The van der Waals surface area contributed by atoms with Gasteiger partial charge in [0.15, 0.2) is 0 Å². The molecule has 5 heteroatoms. The van der Waals surface area contributed by atoms with Crippen LogP contribution in [0.15, 0.2) is 103 Å². The number of anilines is 1. The molecule has 0 radical (unpaired) electrons. The largest absolute Gasteiger partial charge is 0.490 e. The van der Waals surface area contributed by atoms with Gasteiger partial charge in [-0.05, 0) is 60.2 Å². The Bertz CT molecular complexity index is 1210. The number of ether oxygens (including phenoxy) is 2. The van der Waals surface area contributed by atoms with Crippen LogP contribution < -0.4 is 9.64 Å². The van der Waals surface area contributed by atoms with E-state index >= 15 is 0 Å². The topological polar surface area (TPSA) is 38.8 Å². The molecule has 0 aliphatic rings. The molecule has 0 saturated heterocycles. The van der Waals surface area contributed by atoms with Gasteiger partial charge in [0, 0.05) is 5.56 Å². The first-order valence-corrected chi connectivity index (χ1v) is 10.8. The molecule has 0 spiro atoms. The molecule has 0 bridgehead atoms. The first-order chi connectivity index (χ1) is 15.6. The summed E-state index contributed by atoms with van der Waals surface area (Å²) in [6.45, 7) is 2.16. The first kappa shape index (κ1) is 21.5. The molecular weight excluding hydrogens is 418 g/mol. The van der Waals surface area contributed by atoms with Crippen molar-refractivity contribution in [2.45, 2.75) is 13.0 Å². The van der Waals surface area contributed by atoms with Crippen molar-refractivity contribution in [3.05, 3.63) is 109 Å². The zero-order chi connectivity index (χ0) is 22.3. The number of hydrogen-bond acceptors (Lipinski definition) is 4. The second kappa shape index (κ2) is 10.1. The number of rotatable bonds is 6. The van der Waals surface area contributed by atoms with E-state index < -0.39 is 0 Å². The molecule has 4 aromatic carbocycles. The maximum Gasteiger partial charge on any atom is 0.271 e. The fourth-order valence-corrected chi connectivity index (χ4v) is 3.76. The minimum Gasteiger partial charge on any atom is -0.490 e. The quantitative estimate of drug-likeness (QED) is 0.331. The molecule has 0 heterocycles. The molecular formula is C27H23NO3S. The van der Waals surface area contributed by atoms with E-state index in [1.807, 2.05) is 110 Å². The van der Waals surface area contributed by atoms with Crippen molar-refractivity contribution >= 4 is 39.8 Å². The molecule has 32 heavy (non-hydrogen) atoms. The summed E-state index contributed by atoms with van der Waals surface area (Å²) in [6, 6.07) is 32.3. The fourth-order valence-electron chi connectivity index (χ4n) is 3.40. The van der Waals surface area contributed by atoms with E-state index in [4.69, 9.17) is 21.7 Å². The first-order valence-electron chi connectivity index (χ1n) is 10.4. The van der Waals surface area contributed by atoms with Crippen LogP contribution in [-0.2, 0) is 4.74 Å². The van der Waals surface area contributed by atoms with Gasteiger partial charge in [0.05, 0.1) is 5.69 Å². The molecule has 1 amide bonds. The van der Waals surface area contributed by atoms with Crippen LogP contribution in [0.3, 0.4) is 0 Å². The smallest absolute Gasteiger partial charge is 0.271 e. The lowest BCUT2D eigenvalue weighted by Gasteiger charge is -2.26. The highest BCUT2D eigenvalue weighted by Crippen LogP contribution is 2.24. The number of amides is 1. The van der Waals surface area contributed by atoms with Crippen LogP contribution in [0.5, 0.6) is 5.75 Å². The monoisotopic (exact) mass is 441 g/mol. The van der Waals surface area contributed by atoms with Gasteiger partial charge in [0.1, 0.15) is 18.5 Å². The predicted octanol–water partition coefficient (Wildman–Crippen LogP) is 6.26. The van der Waals surface area contributed by atoms with Crippen molar-refractivity contribution in [3.8, 4) is 5.75 Å². The average molecular weight is 442 g/mol. The molecule has 0 aliphatic carbocycles. The van der Waals surface area contributed by atoms with E-state index in [0.717, 1.165) is 16.5 Å². The average Bonchev–Trinajstić information content (AvgIpc) is 2.84. The number of carbonyl (C=O) groups is 1. The summed E-state index contributed by atoms with van der Waals surface area (Å²) < 4.78 is 11.7. The molecule has 0 N–H and O–H groups in total. The van der Waals surface area contributed by atoms with E-state index in [0.29, 0.717) is 17.9 Å². The summed E-state index contributed by atoms with van der Waals surface area (Å²) in [4.78, 5) is 15.1. The number of para-hydroxylation sites is 2. The van der Waals surface area contributed by atoms with E-state index in [1.54, 1.807) is 0 Å². The second-order valence-electron chi connectivity index (χ2n) is 7.32. The van der Waals surface area contributed by atoms with Crippen LogP contribution in [0.1, 0.15) is 17.3 Å². The van der Waals surface area contributed by atoms with E-state index in [-0.39, 0.29) is 17.2 Å². The summed E-state index contributed by atoms with van der Waals surface area (Å²) >= 11 is 5.59. The van der Waals surface area contributed by atoms with Crippen LogP contribution in [0.4, 0.5) is 5.69 Å². The Hall–Kier alpha value is -3.70. The lowest BCUT2D eigenvalue weighted by molar-refractivity contribution is 0.0980. The zero-order valence-corrected chi connectivity index (χ0v) is 18.5. The number of carbonyl (C=O) groups excluding carboxylic acids is 1. The molecule has 0 aliphatic heterocycles. The van der Waals surface area contributed by atoms with Crippen molar-refractivity contribution in [1.82, 2.24) is 0 Å². The van der Waals surface area contributed by atoms with E-state index in [1.165, 1.54) is 4.90 Å². The Morgan fingerprint density at radius 2 is 1.47 bits per heavy atom. The second-order valence-corrected chi connectivity index (χ2v) is 7.67. The number of benzene rings is 4. The Balaban J connectivity index is 1.58. The summed E-state index contributed by atoms with van der Waals surface area (Å²) in [7, 11) is 0. The molecule has 1 atom stereocenters. The minimum absolute atomic E-state index is 0.0818. The van der Waals surface area contributed by atoms with Crippen LogP contribution in [0.25, 0.3) is 10.8 Å². The van der Waals surface area contributed by atoms with Gasteiger partial charge in [-0.2, -0.15) is 0 Å². The number of thiocarbonyl (C=S) groups is 1. The van der Waals surface area contributed by atoms with Gasteiger partial charge in [0.2, 0.25) is 0 Å². The van der Waals surface area contributed by atoms with Gasteiger partial charge in [-0.15, -0.1) is 0 Å². The fraction of sp³-hybridized carbons (Fsp3) is 0.111. The Morgan fingerprint density at radius 3 is 2.22 bits per heavy atom. The molecule has 0 fully saturated rings. The maximum absolute atomic E-state index is 13.7. The van der Waals surface area contributed by atoms with Crippen molar-refractivity contribution in [1.29, 1.82) is 0 Å². The van der Waals surface area contributed by atoms with E-state index in [9.17, 15) is 4.79 Å². The lowest BCUT2D eigenvalue weighted by Crippen LogP contribution is -2.39. The lowest BCUT2D eigenvalue weighted by atomic mass is 10.0. The molecule has 0 aromatic heterocycles. The highest BCUT2D eigenvalue weighted by Gasteiger charge is 2.26. The normalized spacial score (nSPS) is 11.5. The van der Waals surface area contributed by atoms with Gasteiger partial charge in [0.25, 0.3) is 11.1 Å². The maximum atomic E-state index is 13.7. The molecule has 4 aromatic rings. The van der Waals surface area contributed by atoms with Gasteiger partial charge in [-0.1, -0.05) is 72.8 Å². The van der Waals surface area contributed by atoms with Gasteiger partial charge in [-0.3, -0.25) is 4.79 Å². The number of hydrogen-bond donors (Lipinski definition) is 0. The van der Waals surface area contributed by atoms with Crippen LogP contribution in [0, 0.1) is 0 Å². The Kier molecular flexibility index (Phi) is 6.78. The third-order valence-corrected chi connectivity index (χ3v) is 5.23. The van der Waals surface area contributed by atoms with Crippen molar-refractivity contribution in [2.24, 2.45) is 0 Å². The standard InChI is InChI=1S/C27H23NO3S/c1-20(19-30-23-15-6-3-7-16-23)31-27(32)28(22-13-4-2-5-14-22)26(29)25-18-10-12-21-11-8-9-17-24(21)25/h2-18,20H,19H2,1H3. The van der Waals surface area contributed by atoms with Crippen molar-refractivity contribution in [3.63, 3.8) is 0 Å². The summed E-state index contributed by atoms with van der Waals surface area (Å²) in [5, 5.41) is 1.94. The Morgan fingerprint density at radius 1 is 0.844 bits per heavy atom. The molecule has 160 valence electrons. The van der Waals surface area contributed by atoms with Crippen LogP contribution >= 0.6 is 12.2 Å². The highest BCUT2D eigenvalue weighted by atomic mass is 32.1. The summed E-state index contributed by atoms with van der Waals surface area (Å²) in [5.74, 6) is 0.509. The Labute approximate surface area is 193 Å². The third kappa shape index (κ3) is 4.95. The van der Waals surface area contributed by atoms with Crippen molar-refractivity contribution < 1.29 is 14.3 Å². The minimum atomic E-state index is -0.353. The summed E-state index contributed by atoms with van der Waals surface area (Å²) in [5.41, 5.74) is 1.21. The zero-order valence-electron chi connectivity index (χ0n) is 17.7. The molecule has 4 nitrogen and oxygen atoms in total. The van der Waals surface area contributed by atoms with Gasteiger partial charge in [-0.25, -0.2) is 4.90 Å². The van der Waals surface area contributed by atoms with Crippen molar-refractivity contribution in [2.75, 3.05) is 11.5 Å². The summed E-state index contributed by atoms with van der Waals surface area (Å²) in [6.07, 6.45) is -0.353. The van der Waals surface area contributed by atoms with Crippen LogP contribution in [0.2, 0.25) is 0 Å². The SMILES string of the molecule is CC(COc1ccccc1)OC(=S)N(C(=O)c1cccc2ccccc12)c1ccccc1.